The summed E-state index contributed by atoms with van der Waals surface area (Å²) < 4.78 is 36.2. The summed E-state index contributed by atoms with van der Waals surface area (Å²) in [6, 6.07) is 7.76. The van der Waals surface area contributed by atoms with Gasteiger partial charge in [0.1, 0.15) is 5.82 Å². The lowest BCUT2D eigenvalue weighted by molar-refractivity contribution is -0.115. The van der Waals surface area contributed by atoms with Crippen molar-refractivity contribution in [3.63, 3.8) is 0 Å². The molecule has 0 aliphatic carbocycles. The fourth-order valence-corrected chi connectivity index (χ4v) is 2.30. The Balaban J connectivity index is 2.01. The van der Waals surface area contributed by atoms with Crippen LogP contribution in [0, 0.1) is 0 Å². The van der Waals surface area contributed by atoms with Gasteiger partial charge in [0.25, 0.3) is 11.8 Å². The molecule has 2 aromatic rings. The maximum atomic E-state index is 13.0. The van der Waals surface area contributed by atoms with Gasteiger partial charge in [0.2, 0.25) is 5.91 Å². The molecular weight excluding hydrogens is 384 g/mol. The lowest BCUT2D eigenvalue weighted by atomic mass is 10.2. The van der Waals surface area contributed by atoms with Crippen LogP contribution in [0.3, 0.4) is 0 Å². The number of pyridine rings is 1. The fraction of sp³-hybridized carbons (Fsp3) is 0.350. The predicted molar refractivity (Wildman–Crippen MR) is 103 cm³/mol. The van der Waals surface area contributed by atoms with Crippen molar-refractivity contribution in [2.75, 3.05) is 19.0 Å². The van der Waals surface area contributed by atoms with E-state index in [1.165, 1.54) is 31.5 Å². The van der Waals surface area contributed by atoms with Gasteiger partial charge in [-0.3, -0.25) is 9.59 Å². The van der Waals surface area contributed by atoms with Crippen molar-refractivity contribution < 1.29 is 27.8 Å². The van der Waals surface area contributed by atoms with Crippen LogP contribution >= 0.6 is 0 Å². The zero-order chi connectivity index (χ0) is 21.4. The highest BCUT2D eigenvalue weighted by Crippen LogP contribution is 2.29. The standard InChI is InChI=1S/C20H23F2N3O4/c1-4-18(26)25-17-10-14(7-8-23-17)19(27)24-11-13-5-6-15(16(9-13)28-3)29-12-20(2,21)22/h5-10H,4,11-12H2,1-3H3,(H,24,27)(H,23,25,26). The van der Waals surface area contributed by atoms with Gasteiger partial charge in [0.05, 0.1) is 7.11 Å². The van der Waals surface area contributed by atoms with Crippen LogP contribution in [0.1, 0.15) is 36.2 Å². The van der Waals surface area contributed by atoms with E-state index in [9.17, 15) is 18.4 Å². The highest BCUT2D eigenvalue weighted by Gasteiger charge is 2.23. The molecule has 0 aliphatic rings. The molecule has 0 fully saturated rings. The summed E-state index contributed by atoms with van der Waals surface area (Å²) in [5, 5.41) is 5.33. The molecule has 0 atom stereocenters. The fourth-order valence-electron chi connectivity index (χ4n) is 2.30. The summed E-state index contributed by atoms with van der Waals surface area (Å²) in [5.74, 6) is -2.75. The molecule has 0 spiro atoms. The van der Waals surface area contributed by atoms with Crippen molar-refractivity contribution in [1.82, 2.24) is 10.3 Å². The first kappa shape index (κ1) is 22.1. The van der Waals surface area contributed by atoms with E-state index in [-0.39, 0.29) is 29.9 Å². The molecule has 0 saturated heterocycles. The van der Waals surface area contributed by atoms with E-state index in [0.717, 1.165) is 6.92 Å². The van der Waals surface area contributed by atoms with E-state index in [1.54, 1.807) is 19.1 Å². The summed E-state index contributed by atoms with van der Waals surface area (Å²) in [7, 11) is 1.40. The summed E-state index contributed by atoms with van der Waals surface area (Å²) in [6.07, 6.45) is 1.73. The first-order valence-electron chi connectivity index (χ1n) is 8.93. The van der Waals surface area contributed by atoms with Crippen molar-refractivity contribution in [2.45, 2.75) is 32.7 Å². The molecule has 0 aliphatic heterocycles. The van der Waals surface area contributed by atoms with Crippen LogP contribution in [0.2, 0.25) is 0 Å². The number of hydrogen-bond donors (Lipinski definition) is 2. The normalized spacial score (nSPS) is 10.9. The third-order valence-corrected chi connectivity index (χ3v) is 3.77. The number of alkyl halides is 2. The molecule has 0 bridgehead atoms. The highest BCUT2D eigenvalue weighted by molar-refractivity contribution is 5.96. The Bertz CT molecular complexity index is 869. The number of nitrogens with one attached hydrogen (secondary N) is 2. The largest absolute Gasteiger partial charge is 0.493 e. The number of methoxy groups -OCH3 is 1. The summed E-state index contributed by atoms with van der Waals surface area (Å²) >= 11 is 0. The molecule has 29 heavy (non-hydrogen) atoms. The van der Waals surface area contributed by atoms with Gasteiger partial charge >= 0.3 is 0 Å². The average molecular weight is 407 g/mol. The molecule has 2 N–H and O–H groups in total. The van der Waals surface area contributed by atoms with Crippen molar-refractivity contribution in [2.24, 2.45) is 0 Å². The van der Waals surface area contributed by atoms with E-state index in [0.29, 0.717) is 23.4 Å². The van der Waals surface area contributed by atoms with Crippen LogP contribution in [0.4, 0.5) is 14.6 Å². The van der Waals surface area contributed by atoms with Gasteiger partial charge in [-0.15, -0.1) is 0 Å². The Morgan fingerprint density at radius 3 is 2.59 bits per heavy atom. The van der Waals surface area contributed by atoms with Crippen molar-refractivity contribution in [1.29, 1.82) is 0 Å². The number of hydrogen-bond acceptors (Lipinski definition) is 5. The molecular formula is C20H23F2N3O4. The van der Waals surface area contributed by atoms with Gasteiger partial charge in [0.15, 0.2) is 18.1 Å². The number of anilines is 1. The molecule has 9 heteroatoms. The molecule has 156 valence electrons. The number of ether oxygens (including phenoxy) is 2. The third kappa shape index (κ3) is 7.02. The van der Waals surface area contributed by atoms with Crippen LogP contribution in [-0.2, 0) is 11.3 Å². The second kappa shape index (κ2) is 9.81. The maximum absolute atomic E-state index is 13.0. The number of nitrogens with zero attached hydrogens (tertiary/aromatic N) is 1. The van der Waals surface area contributed by atoms with Gasteiger partial charge in [-0.1, -0.05) is 13.0 Å². The smallest absolute Gasteiger partial charge is 0.278 e. The van der Waals surface area contributed by atoms with Crippen molar-refractivity contribution in [3.05, 3.63) is 47.7 Å². The Morgan fingerprint density at radius 2 is 1.93 bits per heavy atom. The molecule has 1 aromatic carbocycles. The SMILES string of the molecule is CCC(=O)Nc1cc(C(=O)NCc2ccc(OCC(C)(F)F)c(OC)c2)ccn1. The summed E-state index contributed by atoms with van der Waals surface area (Å²) in [6.45, 7) is 1.89. The van der Waals surface area contributed by atoms with Gasteiger partial charge in [-0.05, 0) is 29.8 Å². The lowest BCUT2D eigenvalue weighted by Crippen LogP contribution is -2.23. The van der Waals surface area contributed by atoms with Crippen LogP contribution in [0.5, 0.6) is 11.5 Å². The number of amides is 2. The molecule has 2 amide bonds. The average Bonchev–Trinajstić information content (AvgIpc) is 2.70. The Labute approximate surface area is 167 Å². The van der Waals surface area contributed by atoms with E-state index in [4.69, 9.17) is 9.47 Å². The minimum atomic E-state index is -2.96. The summed E-state index contributed by atoms with van der Waals surface area (Å²) in [4.78, 5) is 27.8. The van der Waals surface area contributed by atoms with Gasteiger partial charge in [-0.2, -0.15) is 0 Å². The third-order valence-electron chi connectivity index (χ3n) is 3.77. The molecule has 7 nitrogen and oxygen atoms in total. The molecule has 1 aromatic heterocycles. The number of halogens is 2. The van der Waals surface area contributed by atoms with Gasteiger partial charge in [0, 0.05) is 31.6 Å². The van der Waals surface area contributed by atoms with Crippen molar-refractivity contribution in [3.8, 4) is 11.5 Å². The zero-order valence-corrected chi connectivity index (χ0v) is 16.4. The minimum absolute atomic E-state index is 0.179. The van der Waals surface area contributed by atoms with Crippen molar-refractivity contribution >= 4 is 17.6 Å². The molecule has 0 saturated carbocycles. The Morgan fingerprint density at radius 1 is 1.17 bits per heavy atom. The second-order valence-corrected chi connectivity index (χ2v) is 6.36. The quantitative estimate of drug-likeness (QED) is 0.665. The minimum Gasteiger partial charge on any atom is -0.493 e. The number of rotatable bonds is 9. The summed E-state index contributed by atoms with van der Waals surface area (Å²) in [5.41, 5.74) is 1.03. The first-order valence-corrected chi connectivity index (χ1v) is 8.93. The molecule has 0 unspecified atom stereocenters. The molecule has 2 rings (SSSR count). The number of carbonyl (C=O) groups is 2. The van der Waals surface area contributed by atoms with Crippen LogP contribution in [0.25, 0.3) is 0 Å². The van der Waals surface area contributed by atoms with E-state index in [1.807, 2.05) is 0 Å². The predicted octanol–water partition coefficient (Wildman–Crippen LogP) is 3.40. The zero-order valence-electron chi connectivity index (χ0n) is 16.4. The number of aromatic nitrogens is 1. The first-order chi connectivity index (χ1) is 13.7. The molecule has 0 radical (unpaired) electrons. The van der Waals surface area contributed by atoms with Gasteiger partial charge < -0.3 is 20.1 Å². The van der Waals surface area contributed by atoms with E-state index >= 15 is 0 Å². The van der Waals surface area contributed by atoms with Crippen LogP contribution in [0.15, 0.2) is 36.5 Å². The number of carbonyl (C=O) groups excluding carboxylic acids is 2. The maximum Gasteiger partial charge on any atom is 0.278 e. The number of benzene rings is 1. The Hall–Kier alpha value is -3.23. The highest BCUT2D eigenvalue weighted by atomic mass is 19.3. The van der Waals surface area contributed by atoms with Crippen LogP contribution < -0.4 is 20.1 Å². The van der Waals surface area contributed by atoms with E-state index in [2.05, 4.69) is 15.6 Å². The van der Waals surface area contributed by atoms with Crippen LogP contribution in [-0.4, -0.2) is 36.4 Å². The second-order valence-electron chi connectivity index (χ2n) is 6.36. The topological polar surface area (TPSA) is 89.6 Å². The monoisotopic (exact) mass is 407 g/mol. The van der Waals surface area contributed by atoms with E-state index < -0.39 is 12.5 Å². The van der Waals surface area contributed by atoms with Gasteiger partial charge in [-0.25, -0.2) is 13.8 Å². The molecule has 1 heterocycles. The Kier molecular flexibility index (Phi) is 7.46. The lowest BCUT2D eigenvalue weighted by Gasteiger charge is -2.15.